The van der Waals surface area contributed by atoms with Gasteiger partial charge in [0.15, 0.2) is 0 Å². The van der Waals surface area contributed by atoms with Gasteiger partial charge in [0.1, 0.15) is 6.61 Å². The summed E-state index contributed by atoms with van der Waals surface area (Å²) in [4.78, 5) is 23.4. The average Bonchev–Trinajstić information content (AvgIpc) is 2.50. The van der Waals surface area contributed by atoms with E-state index in [1.54, 1.807) is 0 Å². The van der Waals surface area contributed by atoms with Crippen LogP contribution in [-0.4, -0.2) is 54.5 Å². The Bertz CT molecular complexity index is 502. The van der Waals surface area contributed by atoms with E-state index in [0.29, 0.717) is 26.2 Å². The van der Waals surface area contributed by atoms with Gasteiger partial charge in [-0.2, -0.15) is 0 Å². The van der Waals surface area contributed by atoms with Crippen LogP contribution in [0.25, 0.3) is 0 Å². The van der Waals surface area contributed by atoms with Crippen molar-refractivity contribution in [2.24, 2.45) is 0 Å². The van der Waals surface area contributed by atoms with E-state index in [4.69, 9.17) is 14.6 Å². The van der Waals surface area contributed by atoms with Gasteiger partial charge in [-0.3, -0.25) is 0 Å². The lowest BCUT2D eigenvalue weighted by atomic mass is 10.2. The molecule has 2 rings (SSSR count). The number of amides is 2. The predicted molar refractivity (Wildman–Crippen MR) is 83.2 cm³/mol. The van der Waals surface area contributed by atoms with Crippen molar-refractivity contribution in [1.29, 1.82) is 0 Å². The second-order valence-corrected chi connectivity index (χ2v) is 5.38. The number of nitrogens with zero attached hydrogens (tertiary/aromatic N) is 1. The Kier molecular flexibility index (Phi) is 6.68. The number of nitrogens with one attached hydrogen (secondary N) is 1. The van der Waals surface area contributed by atoms with Gasteiger partial charge >= 0.3 is 12.2 Å². The number of carbonyl (C=O) groups excluding carboxylic acids is 1. The normalized spacial score (nSPS) is 14.2. The van der Waals surface area contributed by atoms with Crippen LogP contribution in [0.3, 0.4) is 0 Å². The first-order valence-corrected chi connectivity index (χ1v) is 7.69. The van der Waals surface area contributed by atoms with E-state index < -0.39 is 12.2 Å². The second kappa shape index (κ2) is 8.99. The molecular weight excluding hydrogens is 300 g/mol. The van der Waals surface area contributed by atoms with Crippen molar-refractivity contribution in [2.75, 3.05) is 26.2 Å². The molecule has 0 aliphatic carbocycles. The molecule has 0 saturated carbocycles. The summed E-state index contributed by atoms with van der Waals surface area (Å²) in [7, 11) is 0. The fraction of sp³-hybridized carbons (Fsp3) is 0.500. The number of alkyl carbamates (subject to hydrolysis) is 1. The van der Waals surface area contributed by atoms with Gasteiger partial charge in [-0.05, 0) is 18.4 Å². The molecule has 2 N–H and O–H groups in total. The van der Waals surface area contributed by atoms with Crippen LogP contribution in [0.15, 0.2) is 30.3 Å². The van der Waals surface area contributed by atoms with Gasteiger partial charge in [-0.1, -0.05) is 30.3 Å². The van der Waals surface area contributed by atoms with Crippen LogP contribution < -0.4 is 5.32 Å². The standard InChI is InChI=1S/C16H22N2O5/c19-15(23-12-13-6-2-1-3-7-13)17-8-4-5-9-22-14-10-18(11-14)16(20)21/h1-3,6-7,14H,4-5,8-12H2,(H,17,19)(H,20,21). The Balaban J connectivity index is 1.42. The maximum atomic E-state index is 11.5. The molecule has 23 heavy (non-hydrogen) atoms. The topological polar surface area (TPSA) is 88.1 Å². The minimum atomic E-state index is -0.900. The zero-order valence-corrected chi connectivity index (χ0v) is 12.9. The number of benzene rings is 1. The average molecular weight is 322 g/mol. The van der Waals surface area contributed by atoms with Gasteiger partial charge in [-0.15, -0.1) is 0 Å². The third-order valence-electron chi connectivity index (χ3n) is 3.53. The van der Waals surface area contributed by atoms with Crippen molar-refractivity contribution in [3.63, 3.8) is 0 Å². The lowest BCUT2D eigenvalue weighted by Gasteiger charge is -2.36. The number of unbranched alkanes of at least 4 members (excludes halogenated alkanes) is 1. The van der Waals surface area contributed by atoms with E-state index in [2.05, 4.69) is 5.32 Å². The predicted octanol–water partition coefficient (Wildman–Crippen LogP) is 2.07. The third kappa shape index (κ3) is 6.15. The number of likely N-dealkylation sites (tertiary alicyclic amines) is 1. The minimum Gasteiger partial charge on any atom is -0.465 e. The number of hydrogen-bond donors (Lipinski definition) is 2. The quantitative estimate of drug-likeness (QED) is 0.715. The van der Waals surface area contributed by atoms with E-state index >= 15 is 0 Å². The monoisotopic (exact) mass is 322 g/mol. The molecule has 0 bridgehead atoms. The molecule has 1 fully saturated rings. The van der Waals surface area contributed by atoms with Gasteiger partial charge in [0.2, 0.25) is 0 Å². The van der Waals surface area contributed by atoms with E-state index in [0.717, 1.165) is 18.4 Å². The lowest BCUT2D eigenvalue weighted by Crippen LogP contribution is -2.54. The SMILES string of the molecule is O=C(NCCCCOC1CN(C(=O)O)C1)OCc1ccccc1. The molecule has 126 valence electrons. The summed E-state index contributed by atoms with van der Waals surface area (Å²) in [6.45, 7) is 2.25. The number of rotatable bonds is 8. The number of ether oxygens (including phenoxy) is 2. The highest BCUT2D eigenvalue weighted by molar-refractivity contribution is 5.67. The molecule has 2 amide bonds. The Morgan fingerprint density at radius 2 is 1.96 bits per heavy atom. The van der Waals surface area contributed by atoms with Crippen molar-refractivity contribution < 1.29 is 24.2 Å². The molecule has 1 saturated heterocycles. The fourth-order valence-electron chi connectivity index (χ4n) is 2.14. The van der Waals surface area contributed by atoms with Crippen molar-refractivity contribution >= 4 is 12.2 Å². The molecular formula is C16H22N2O5. The Morgan fingerprint density at radius 1 is 1.22 bits per heavy atom. The smallest absolute Gasteiger partial charge is 0.407 e. The first-order valence-electron chi connectivity index (χ1n) is 7.69. The van der Waals surface area contributed by atoms with Crippen LogP contribution in [0, 0.1) is 0 Å². The van der Waals surface area contributed by atoms with Gasteiger partial charge in [-0.25, -0.2) is 9.59 Å². The number of carbonyl (C=O) groups is 2. The Hall–Kier alpha value is -2.28. The van der Waals surface area contributed by atoms with Gasteiger partial charge in [0.05, 0.1) is 19.2 Å². The van der Waals surface area contributed by atoms with E-state index in [-0.39, 0.29) is 12.7 Å². The largest absolute Gasteiger partial charge is 0.465 e. The zero-order valence-electron chi connectivity index (χ0n) is 12.9. The van der Waals surface area contributed by atoms with E-state index in [1.165, 1.54) is 4.90 Å². The summed E-state index contributed by atoms with van der Waals surface area (Å²) in [6.07, 6.45) is 0.280. The molecule has 1 aromatic carbocycles. The van der Waals surface area contributed by atoms with Gasteiger partial charge < -0.3 is 24.8 Å². The van der Waals surface area contributed by atoms with Crippen LogP contribution in [0.4, 0.5) is 9.59 Å². The first-order chi connectivity index (χ1) is 11.1. The molecule has 0 unspecified atom stereocenters. The number of carboxylic acid groups (broad SMARTS) is 1. The molecule has 1 aliphatic heterocycles. The summed E-state index contributed by atoms with van der Waals surface area (Å²) in [5, 5.41) is 11.4. The molecule has 7 nitrogen and oxygen atoms in total. The van der Waals surface area contributed by atoms with Crippen LogP contribution in [-0.2, 0) is 16.1 Å². The van der Waals surface area contributed by atoms with Gasteiger partial charge in [0.25, 0.3) is 0 Å². The molecule has 1 aromatic rings. The highest BCUT2D eigenvalue weighted by atomic mass is 16.5. The molecule has 0 aromatic heterocycles. The second-order valence-electron chi connectivity index (χ2n) is 5.38. The van der Waals surface area contributed by atoms with Crippen LogP contribution in [0.5, 0.6) is 0 Å². The zero-order chi connectivity index (χ0) is 16.5. The van der Waals surface area contributed by atoms with Crippen molar-refractivity contribution in [1.82, 2.24) is 10.2 Å². The van der Waals surface area contributed by atoms with Gasteiger partial charge in [0, 0.05) is 13.2 Å². The third-order valence-corrected chi connectivity index (χ3v) is 3.53. The molecule has 0 radical (unpaired) electrons. The molecule has 1 heterocycles. The fourth-order valence-corrected chi connectivity index (χ4v) is 2.14. The van der Waals surface area contributed by atoms with E-state index in [9.17, 15) is 9.59 Å². The summed E-state index contributed by atoms with van der Waals surface area (Å²) in [6, 6.07) is 9.50. The highest BCUT2D eigenvalue weighted by Crippen LogP contribution is 2.11. The maximum absolute atomic E-state index is 11.5. The number of hydrogen-bond acceptors (Lipinski definition) is 4. The lowest BCUT2D eigenvalue weighted by molar-refractivity contribution is -0.0450. The summed E-state index contributed by atoms with van der Waals surface area (Å²) in [5.41, 5.74) is 0.951. The maximum Gasteiger partial charge on any atom is 0.407 e. The summed E-state index contributed by atoms with van der Waals surface area (Å²) >= 11 is 0. The van der Waals surface area contributed by atoms with Crippen LogP contribution in [0.2, 0.25) is 0 Å². The Labute approximate surface area is 135 Å². The molecule has 0 atom stereocenters. The molecule has 0 spiro atoms. The minimum absolute atomic E-state index is 0.00916. The van der Waals surface area contributed by atoms with Crippen molar-refractivity contribution in [3.8, 4) is 0 Å². The molecule has 1 aliphatic rings. The summed E-state index contributed by atoms with van der Waals surface area (Å²) < 4.78 is 10.6. The van der Waals surface area contributed by atoms with Crippen LogP contribution in [0.1, 0.15) is 18.4 Å². The van der Waals surface area contributed by atoms with Crippen molar-refractivity contribution in [3.05, 3.63) is 35.9 Å². The Morgan fingerprint density at radius 3 is 2.65 bits per heavy atom. The highest BCUT2D eigenvalue weighted by Gasteiger charge is 2.30. The van der Waals surface area contributed by atoms with Crippen molar-refractivity contribution in [2.45, 2.75) is 25.6 Å². The van der Waals surface area contributed by atoms with Crippen LogP contribution >= 0.6 is 0 Å². The first kappa shape index (κ1) is 17.1. The van der Waals surface area contributed by atoms with E-state index in [1.807, 2.05) is 30.3 Å². The summed E-state index contributed by atoms with van der Waals surface area (Å²) in [5.74, 6) is 0. The molecule has 7 heteroatoms.